The van der Waals surface area contributed by atoms with Crippen LogP contribution in [0.3, 0.4) is 0 Å². The summed E-state index contributed by atoms with van der Waals surface area (Å²) in [6.45, 7) is 3.30. The third-order valence-electron chi connectivity index (χ3n) is 2.69. The molecule has 2 rings (SSSR count). The summed E-state index contributed by atoms with van der Waals surface area (Å²) in [4.78, 5) is 4.14. The SMILES string of the molecule is Cc1nccn1CCOc1ccc(C(=N)N)cc1. The normalized spacial score (nSPS) is 10.3. The number of aryl methyl sites for hydroxylation is 1. The van der Waals surface area contributed by atoms with E-state index in [0.29, 0.717) is 12.2 Å². The molecule has 0 aliphatic heterocycles. The van der Waals surface area contributed by atoms with Gasteiger partial charge in [-0.2, -0.15) is 0 Å². The highest BCUT2D eigenvalue weighted by molar-refractivity contribution is 5.94. The van der Waals surface area contributed by atoms with Crippen LogP contribution in [0, 0.1) is 12.3 Å². The molecule has 18 heavy (non-hydrogen) atoms. The van der Waals surface area contributed by atoms with Crippen LogP contribution in [-0.2, 0) is 6.54 Å². The summed E-state index contributed by atoms with van der Waals surface area (Å²) in [5.74, 6) is 1.82. The summed E-state index contributed by atoms with van der Waals surface area (Å²) in [5.41, 5.74) is 6.08. The van der Waals surface area contributed by atoms with Gasteiger partial charge in [-0.3, -0.25) is 5.41 Å². The molecule has 0 aliphatic carbocycles. The van der Waals surface area contributed by atoms with Crippen LogP contribution in [0.2, 0.25) is 0 Å². The third kappa shape index (κ3) is 2.88. The maximum Gasteiger partial charge on any atom is 0.122 e. The maximum absolute atomic E-state index is 7.29. The number of benzene rings is 1. The molecule has 3 N–H and O–H groups in total. The molecule has 0 bridgehead atoms. The Balaban J connectivity index is 1.87. The fraction of sp³-hybridized carbons (Fsp3) is 0.231. The lowest BCUT2D eigenvalue weighted by Crippen LogP contribution is -2.11. The Bertz CT molecular complexity index is 530. The molecule has 94 valence electrons. The monoisotopic (exact) mass is 244 g/mol. The van der Waals surface area contributed by atoms with Crippen molar-refractivity contribution in [2.75, 3.05) is 6.61 Å². The number of aromatic nitrogens is 2. The summed E-state index contributed by atoms with van der Waals surface area (Å²) in [6, 6.07) is 7.19. The van der Waals surface area contributed by atoms with E-state index in [1.807, 2.05) is 29.8 Å². The molecule has 2 aromatic rings. The number of nitrogens with two attached hydrogens (primary N) is 1. The van der Waals surface area contributed by atoms with Crippen molar-refractivity contribution in [2.24, 2.45) is 5.73 Å². The molecule has 0 saturated heterocycles. The number of hydrogen-bond acceptors (Lipinski definition) is 3. The Labute approximate surface area is 106 Å². The standard InChI is InChI=1S/C13H16N4O/c1-10-16-6-7-17(10)8-9-18-12-4-2-11(3-5-12)13(14)15/h2-7H,8-9H2,1H3,(H3,14,15). The van der Waals surface area contributed by atoms with Crippen LogP contribution < -0.4 is 10.5 Å². The number of nitrogens with zero attached hydrogens (tertiary/aromatic N) is 2. The van der Waals surface area contributed by atoms with Gasteiger partial charge in [-0.25, -0.2) is 4.98 Å². The first-order valence-corrected chi connectivity index (χ1v) is 5.72. The van der Waals surface area contributed by atoms with Gasteiger partial charge in [0.05, 0.1) is 6.54 Å². The van der Waals surface area contributed by atoms with E-state index in [0.717, 1.165) is 18.1 Å². The predicted octanol–water partition coefficient (Wildman–Crippen LogP) is 1.55. The number of hydrogen-bond donors (Lipinski definition) is 2. The van der Waals surface area contributed by atoms with Gasteiger partial charge in [-0.05, 0) is 31.2 Å². The van der Waals surface area contributed by atoms with Crippen LogP contribution in [0.15, 0.2) is 36.7 Å². The van der Waals surface area contributed by atoms with E-state index in [1.165, 1.54) is 0 Å². The summed E-state index contributed by atoms with van der Waals surface area (Å²) >= 11 is 0. The van der Waals surface area contributed by atoms with Crippen molar-refractivity contribution in [3.05, 3.63) is 48.0 Å². The van der Waals surface area contributed by atoms with E-state index >= 15 is 0 Å². The van der Waals surface area contributed by atoms with Gasteiger partial charge in [-0.1, -0.05) is 0 Å². The van der Waals surface area contributed by atoms with E-state index in [-0.39, 0.29) is 5.84 Å². The third-order valence-corrected chi connectivity index (χ3v) is 2.69. The van der Waals surface area contributed by atoms with E-state index in [2.05, 4.69) is 4.98 Å². The summed E-state index contributed by atoms with van der Waals surface area (Å²) in [7, 11) is 0. The minimum absolute atomic E-state index is 0.0654. The number of ether oxygens (including phenoxy) is 1. The Morgan fingerprint density at radius 3 is 2.67 bits per heavy atom. The highest BCUT2D eigenvalue weighted by atomic mass is 16.5. The van der Waals surface area contributed by atoms with Crippen molar-refractivity contribution < 1.29 is 4.74 Å². The smallest absolute Gasteiger partial charge is 0.122 e. The van der Waals surface area contributed by atoms with Gasteiger partial charge >= 0.3 is 0 Å². The molecule has 0 fully saturated rings. The molecular formula is C13H16N4O. The second kappa shape index (κ2) is 5.35. The number of imidazole rings is 1. The molecule has 1 heterocycles. The van der Waals surface area contributed by atoms with Gasteiger partial charge in [0.2, 0.25) is 0 Å². The lowest BCUT2D eigenvalue weighted by Gasteiger charge is -2.08. The Kier molecular flexibility index (Phi) is 3.62. The Morgan fingerprint density at radius 2 is 2.11 bits per heavy atom. The average Bonchev–Trinajstić information content (AvgIpc) is 2.76. The second-order valence-corrected chi connectivity index (χ2v) is 3.95. The zero-order valence-electron chi connectivity index (χ0n) is 10.3. The first-order valence-electron chi connectivity index (χ1n) is 5.72. The molecular weight excluding hydrogens is 228 g/mol. The predicted molar refractivity (Wildman–Crippen MR) is 69.9 cm³/mol. The first kappa shape index (κ1) is 12.2. The Morgan fingerprint density at radius 1 is 1.39 bits per heavy atom. The van der Waals surface area contributed by atoms with Crippen LogP contribution in [-0.4, -0.2) is 22.0 Å². The topological polar surface area (TPSA) is 76.9 Å². The van der Waals surface area contributed by atoms with Gasteiger partial charge in [0.1, 0.15) is 24.0 Å². The fourth-order valence-electron chi connectivity index (χ4n) is 1.63. The molecule has 1 aromatic carbocycles. The van der Waals surface area contributed by atoms with Crippen LogP contribution in [0.25, 0.3) is 0 Å². The molecule has 1 aromatic heterocycles. The maximum atomic E-state index is 7.29. The van der Waals surface area contributed by atoms with Crippen molar-refractivity contribution in [3.8, 4) is 5.75 Å². The zero-order valence-corrected chi connectivity index (χ0v) is 10.3. The van der Waals surface area contributed by atoms with Crippen LogP contribution in [0.5, 0.6) is 5.75 Å². The van der Waals surface area contributed by atoms with Gasteiger partial charge in [-0.15, -0.1) is 0 Å². The number of nitrogen functional groups attached to an aromatic ring is 1. The van der Waals surface area contributed by atoms with Crippen molar-refractivity contribution in [1.29, 1.82) is 5.41 Å². The minimum Gasteiger partial charge on any atom is -0.492 e. The minimum atomic E-state index is 0.0654. The molecule has 0 radical (unpaired) electrons. The molecule has 5 nitrogen and oxygen atoms in total. The summed E-state index contributed by atoms with van der Waals surface area (Å²) in [6.07, 6.45) is 3.70. The Hall–Kier alpha value is -2.30. The van der Waals surface area contributed by atoms with Gasteiger partial charge in [0.15, 0.2) is 0 Å². The highest BCUT2D eigenvalue weighted by Crippen LogP contribution is 2.11. The van der Waals surface area contributed by atoms with Crippen molar-refractivity contribution >= 4 is 5.84 Å². The molecule has 0 unspecified atom stereocenters. The van der Waals surface area contributed by atoms with Crippen LogP contribution in [0.1, 0.15) is 11.4 Å². The first-order chi connectivity index (χ1) is 8.66. The zero-order chi connectivity index (χ0) is 13.0. The lowest BCUT2D eigenvalue weighted by molar-refractivity contribution is 0.297. The molecule has 0 amide bonds. The molecule has 0 atom stereocenters. The van der Waals surface area contributed by atoms with Crippen molar-refractivity contribution in [3.63, 3.8) is 0 Å². The number of rotatable bonds is 5. The van der Waals surface area contributed by atoms with Crippen molar-refractivity contribution in [1.82, 2.24) is 9.55 Å². The largest absolute Gasteiger partial charge is 0.492 e. The molecule has 0 spiro atoms. The lowest BCUT2D eigenvalue weighted by atomic mass is 10.2. The summed E-state index contributed by atoms with van der Waals surface area (Å²) < 4.78 is 7.64. The molecule has 0 aliphatic rings. The second-order valence-electron chi connectivity index (χ2n) is 3.95. The number of amidine groups is 1. The van der Waals surface area contributed by atoms with E-state index in [9.17, 15) is 0 Å². The van der Waals surface area contributed by atoms with Crippen LogP contribution in [0.4, 0.5) is 0 Å². The average molecular weight is 244 g/mol. The van der Waals surface area contributed by atoms with E-state index in [1.54, 1.807) is 18.3 Å². The summed E-state index contributed by atoms with van der Waals surface area (Å²) in [5, 5.41) is 7.29. The quantitative estimate of drug-likeness (QED) is 0.619. The van der Waals surface area contributed by atoms with E-state index in [4.69, 9.17) is 15.9 Å². The fourth-order valence-corrected chi connectivity index (χ4v) is 1.63. The molecule has 0 saturated carbocycles. The van der Waals surface area contributed by atoms with Gasteiger partial charge in [0.25, 0.3) is 0 Å². The van der Waals surface area contributed by atoms with Crippen molar-refractivity contribution in [2.45, 2.75) is 13.5 Å². The van der Waals surface area contributed by atoms with E-state index < -0.39 is 0 Å². The van der Waals surface area contributed by atoms with Gasteiger partial charge < -0.3 is 15.0 Å². The number of nitrogens with one attached hydrogen (secondary N) is 1. The van der Waals surface area contributed by atoms with Crippen LogP contribution >= 0.6 is 0 Å². The molecule has 5 heteroatoms. The van der Waals surface area contributed by atoms with Gasteiger partial charge in [0, 0.05) is 18.0 Å². The highest BCUT2D eigenvalue weighted by Gasteiger charge is 1.99.